The Hall–Kier alpha value is -3.79. The lowest BCUT2D eigenvalue weighted by Crippen LogP contribution is -2.33. The Labute approximate surface area is 240 Å². The van der Waals surface area contributed by atoms with Gasteiger partial charge in [-0.25, -0.2) is 4.79 Å². The first-order chi connectivity index (χ1) is 18.8. The first kappa shape index (κ1) is 29.2. The number of nitrogens with one attached hydrogen (secondary N) is 1. The second-order valence-corrected chi connectivity index (χ2v) is 9.95. The summed E-state index contributed by atoms with van der Waals surface area (Å²) >= 11 is 18.1. The SMILES string of the molecule is O=C(Nc1cc(-c2ccc(Cl)c(Cl)c2)cn(C(Cc2ccc(Cl)cc2)C(=O)O)c1=O)c1ccc(C(F)(F)F)cc1. The average Bonchev–Trinajstić information content (AvgIpc) is 2.90. The van der Waals surface area contributed by atoms with Gasteiger partial charge in [0.1, 0.15) is 11.7 Å². The first-order valence-electron chi connectivity index (χ1n) is 11.5. The molecule has 0 saturated carbocycles. The number of benzene rings is 3. The molecule has 1 heterocycles. The normalized spacial score (nSPS) is 12.2. The number of hydrogen-bond donors (Lipinski definition) is 2. The smallest absolute Gasteiger partial charge is 0.416 e. The minimum atomic E-state index is -4.59. The molecule has 3 aromatic carbocycles. The fourth-order valence-corrected chi connectivity index (χ4v) is 4.33. The van der Waals surface area contributed by atoms with Crippen LogP contribution >= 0.6 is 34.8 Å². The molecule has 6 nitrogen and oxygen atoms in total. The summed E-state index contributed by atoms with van der Waals surface area (Å²) in [6, 6.07) is 14.4. The third-order valence-electron chi connectivity index (χ3n) is 5.98. The number of halogens is 6. The molecule has 0 radical (unpaired) electrons. The van der Waals surface area contributed by atoms with E-state index >= 15 is 0 Å². The van der Waals surface area contributed by atoms with E-state index in [1.54, 1.807) is 30.3 Å². The number of carbonyl (C=O) groups excluding carboxylic acids is 1. The Bertz CT molecular complexity index is 1640. The standard InChI is InChI=1S/C28H18Cl3F3N2O4/c29-20-8-1-15(2-9-20)11-24(27(39)40)36-14-18(17-5-10-21(30)22(31)12-17)13-23(26(36)38)35-25(37)16-3-6-19(7-4-16)28(32,33)34/h1-10,12-14,24H,11H2,(H,35,37)(H,39,40). The third kappa shape index (κ3) is 6.67. The van der Waals surface area contributed by atoms with Gasteiger partial charge in [-0.3, -0.25) is 14.2 Å². The molecule has 0 bridgehead atoms. The molecule has 0 spiro atoms. The Kier molecular flexibility index (Phi) is 8.58. The number of alkyl halides is 3. The fourth-order valence-electron chi connectivity index (χ4n) is 3.91. The number of amides is 1. The highest BCUT2D eigenvalue weighted by molar-refractivity contribution is 6.42. The van der Waals surface area contributed by atoms with Crippen molar-refractivity contribution in [3.05, 3.63) is 121 Å². The van der Waals surface area contributed by atoms with Gasteiger partial charge in [-0.15, -0.1) is 0 Å². The van der Waals surface area contributed by atoms with Gasteiger partial charge in [0, 0.05) is 28.8 Å². The van der Waals surface area contributed by atoms with Crippen LogP contribution in [0, 0.1) is 0 Å². The van der Waals surface area contributed by atoms with Crippen molar-refractivity contribution in [3.63, 3.8) is 0 Å². The van der Waals surface area contributed by atoms with Crippen LogP contribution in [0.4, 0.5) is 18.9 Å². The van der Waals surface area contributed by atoms with Crippen molar-refractivity contribution in [1.29, 1.82) is 0 Å². The van der Waals surface area contributed by atoms with Crippen molar-refractivity contribution < 1.29 is 27.9 Å². The summed E-state index contributed by atoms with van der Waals surface area (Å²) < 4.78 is 39.7. The molecule has 4 rings (SSSR count). The van der Waals surface area contributed by atoms with Gasteiger partial charge >= 0.3 is 12.1 Å². The van der Waals surface area contributed by atoms with Crippen LogP contribution in [0.5, 0.6) is 0 Å². The number of aliphatic carboxylic acids is 1. The molecule has 1 aromatic heterocycles. The molecule has 1 amide bonds. The summed E-state index contributed by atoms with van der Waals surface area (Å²) in [4.78, 5) is 38.7. The van der Waals surface area contributed by atoms with Crippen LogP contribution in [-0.2, 0) is 17.4 Å². The number of nitrogens with zero attached hydrogens (tertiary/aromatic N) is 1. The lowest BCUT2D eigenvalue weighted by molar-refractivity contribution is -0.141. The van der Waals surface area contributed by atoms with Gasteiger partial charge in [0.15, 0.2) is 0 Å². The monoisotopic (exact) mass is 608 g/mol. The number of aromatic nitrogens is 1. The maximum Gasteiger partial charge on any atom is 0.416 e. The van der Waals surface area contributed by atoms with E-state index in [0.29, 0.717) is 21.7 Å². The first-order valence-corrected chi connectivity index (χ1v) is 12.6. The molecule has 4 aromatic rings. The Morgan fingerprint density at radius 1 is 0.875 bits per heavy atom. The second-order valence-electron chi connectivity index (χ2n) is 8.70. The van der Waals surface area contributed by atoms with Gasteiger partial charge in [-0.05, 0) is 65.7 Å². The quantitative estimate of drug-likeness (QED) is 0.226. The van der Waals surface area contributed by atoms with E-state index in [2.05, 4.69) is 5.32 Å². The predicted octanol–water partition coefficient (Wildman–Crippen LogP) is 7.62. The molecule has 0 aliphatic heterocycles. The Morgan fingerprint density at radius 3 is 2.10 bits per heavy atom. The molecule has 12 heteroatoms. The molecule has 0 aliphatic rings. The molecule has 1 unspecified atom stereocenters. The van der Waals surface area contributed by atoms with Gasteiger partial charge in [0.25, 0.3) is 11.5 Å². The van der Waals surface area contributed by atoms with Gasteiger partial charge in [0.2, 0.25) is 0 Å². The summed E-state index contributed by atoms with van der Waals surface area (Å²) in [5.41, 5.74) is -0.860. The van der Waals surface area contributed by atoms with Crippen LogP contribution in [0.15, 0.2) is 83.8 Å². The lowest BCUT2D eigenvalue weighted by atomic mass is 10.0. The summed E-state index contributed by atoms with van der Waals surface area (Å²) in [5, 5.41) is 13.4. The molecule has 0 saturated heterocycles. The Balaban J connectivity index is 1.79. The van der Waals surface area contributed by atoms with Gasteiger partial charge in [-0.1, -0.05) is 53.0 Å². The van der Waals surface area contributed by atoms with Crippen LogP contribution in [0.3, 0.4) is 0 Å². The zero-order valence-electron chi connectivity index (χ0n) is 20.2. The molecular formula is C28H18Cl3F3N2O4. The highest BCUT2D eigenvalue weighted by Crippen LogP contribution is 2.31. The molecule has 40 heavy (non-hydrogen) atoms. The van der Waals surface area contributed by atoms with E-state index < -0.39 is 35.2 Å². The minimum Gasteiger partial charge on any atom is -0.480 e. The predicted molar refractivity (Wildman–Crippen MR) is 147 cm³/mol. The van der Waals surface area contributed by atoms with Crippen molar-refractivity contribution in [2.45, 2.75) is 18.6 Å². The van der Waals surface area contributed by atoms with E-state index in [-0.39, 0.29) is 27.7 Å². The number of anilines is 1. The highest BCUT2D eigenvalue weighted by Gasteiger charge is 2.30. The number of rotatable bonds is 7. The largest absolute Gasteiger partial charge is 0.480 e. The van der Waals surface area contributed by atoms with Gasteiger partial charge < -0.3 is 10.4 Å². The number of hydrogen-bond acceptors (Lipinski definition) is 3. The number of pyridine rings is 1. The van der Waals surface area contributed by atoms with Crippen LogP contribution < -0.4 is 10.9 Å². The average molecular weight is 610 g/mol. The zero-order valence-corrected chi connectivity index (χ0v) is 22.4. The minimum absolute atomic E-state index is 0.0937. The lowest BCUT2D eigenvalue weighted by Gasteiger charge is -2.19. The zero-order chi connectivity index (χ0) is 29.2. The van der Waals surface area contributed by atoms with Crippen LogP contribution in [0.2, 0.25) is 15.1 Å². The van der Waals surface area contributed by atoms with Gasteiger partial charge in [-0.2, -0.15) is 13.2 Å². The van der Waals surface area contributed by atoms with E-state index in [9.17, 15) is 32.7 Å². The summed E-state index contributed by atoms with van der Waals surface area (Å²) in [6.07, 6.45) is -3.36. The molecule has 206 valence electrons. The molecular weight excluding hydrogens is 592 g/mol. The van der Waals surface area contributed by atoms with Crippen molar-refractivity contribution in [2.75, 3.05) is 5.32 Å². The van der Waals surface area contributed by atoms with Crippen LogP contribution in [0.25, 0.3) is 11.1 Å². The number of carboxylic acid groups (broad SMARTS) is 1. The van der Waals surface area contributed by atoms with Crippen LogP contribution in [0.1, 0.15) is 27.5 Å². The number of carbonyl (C=O) groups is 2. The highest BCUT2D eigenvalue weighted by atomic mass is 35.5. The van der Waals surface area contributed by atoms with Crippen molar-refractivity contribution in [3.8, 4) is 11.1 Å². The third-order valence-corrected chi connectivity index (χ3v) is 6.97. The summed E-state index contributed by atoms with van der Waals surface area (Å²) in [5.74, 6) is -2.18. The van der Waals surface area contributed by atoms with E-state index in [1.165, 1.54) is 24.4 Å². The van der Waals surface area contributed by atoms with Crippen molar-refractivity contribution >= 4 is 52.4 Å². The van der Waals surface area contributed by atoms with E-state index in [0.717, 1.165) is 28.8 Å². The fraction of sp³-hybridized carbons (Fsp3) is 0.107. The maximum atomic E-state index is 13.5. The molecule has 1 atom stereocenters. The topological polar surface area (TPSA) is 88.4 Å². The van der Waals surface area contributed by atoms with Gasteiger partial charge in [0.05, 0.1) is 15.6 Å². The van der Waals surface area contributed by atoms with E-state index in [4.69, 9.17) is 34.8 Å². The van der Waals surface area contributed by atoms with Crippen LogP contribution in [-0.4, -0.2) is 21.6 Å². The maximum absolute atomic E-state index is 13.5. The summed E-state index contributed by atoms with van der Waals surface area (Å²) in [7, 11) is 0. The molecule has 0 aliphatic carbocycles. The molecule has 0 fully saturated rings. The second kappa shape index (κ2) is 11.8. The Morgan fingerprint density at radius 2 is 1.52 bits per heavy atom. The summed E-state index contributed by atoms with van der Waals surface area (Å²) in [6.45, 7) is 0. The van der Waals surface area contributed by atoms with Crippen molar-refractivity contribution in [1.82, 2.24) is 4.57 Å². The number of carboxylic acids is 1. The van der Waals surface area contributed by atoms with E-state index in [1.807, 2.05) is 0 Å². The van der Waals surface area contributed by atoms with Crippen molar-refractivity contribution in [2.24, 2.45) is 0 Å². The molecule has 2 N–H and O–H groups in total.